The van der Waals surface area contributed by atoms with Gasteiger partial charge in [-0.3, -0.25) is 0 Å². The maximum atomic E-state index is 13.0. The molecule has 0 saturated heterocycles. The Hall–Kier alpha value is -3.03. The van der Waals surface area contributed by atoms with Gasteiger partial charge >= 0.3 is 18.3 Å². The van der Waals surface area contributed by atoms with Crippen molar-refractivity contribution in [1.82, 2.24) is 0 Å². The summed E-state index contributed by atoms with van der Waals surface area (Å²) in [4.78, 5) is 10.6. The van der Waals surface area contributed by atoms with E-state index in [0.717, 1.165) is 54.6 Å². The predicted octanol–water partition coefficient (Wildman–Crippen LogP) is 5.80. The number of allylic oxidation sites excluding steroid dienone is 2. The second-order valence-corrected chi connectivity index (χ2v) is 5.43. The van der Waals surface area contributed by atoms with Gasteiger partial charge in [-0.1, -0.05) is 36.4 Å². The molecular formula is C19H12F6O2. The largest absolute Gasteiger partial charge is 0.478 e. The van der Waals surface area contributed by atoms with Crippen molar-refractivity contribution in [1.29, 1.82) is 0 Å². The number of alkyl halides is 6. The average molecular weight is 386 g/mol. The number of hydrogen-bond acceptors (Lipinski definition) is 1. The Balaban J connectivity index is 2.62. The average Bonchev–Trinajstić information content (AvgIpc) is 2.57. The van der Waals surface area contributed by atoms with Gasteiger partial charge in [0.2, 0.25) is 0 Å². The lowest BCUT2D eigenvalue weighted by atomic mass is 9.94. The van der Waals surface area contributed by atoms with E-state index < -0.39 is 29.4 Å². The summed E-state index contributed by atoms with van der Waals surface area (Å²) in [6.07, 6.45) is -6.35. The number of aliphatic carboxylic acids is 1. The van der Waals surface area contributed by atoms with Gasteiger partial charge in [0.15, 0.2) is 0 Å². The van der Waals surface area contributed by atoms with Gasteiger partial charge < -0.3 is 5.11 Å². The number of carbonyl (C=O) groups is 1. The second-order valence-electron chi connectivity index (χ2n) is 5.43. The van der Waals surface area contributed by atoms with Gasteiger partial charge in [-0.2, -0.15) is 26.3 Å². The van der Waals surface area contributed by atoms with Gasteiger partial charge in [-0.25, -0.2) is 4.79 Å². The van der Waals surface area contributed by atoms with Crippen LogP contribution in [0.3, 0.4) is 0 Å². The van der Waals surface area contributed by atoms with E-state index in [9.17, 15) is 31.1 Å². The maximum absolute atomic E-state index is 13.0. The molecule has 0 aliphatic heterocycles. The first-order valence-electron chi connectivity index (χ1n) is 7.45. The molecule has 0 radical (unpaired) electrons. The first-order valence-corrected chi connectivity index (χ1v) is 7.45. The highest BCUT2D eigenvalue weighted by Gasteiger charge is 2.32. The van der Waals surface area contributed by atoms with Crippen LogP contribution in [0.2, 0.25) is 0 Å². The van der Waals surface area contributed by atoms with Crippen LogP contribution in [0.15, 0.2) is 66.8 Å². The Morgan fingerprint density at radius 1 is 0.815 bits per heavy atom. The number of carboxylic acids is 1. The Labute approximate surface area is 150 Å². The fourth-order valence-corrected chi connectivity index (χ4v) is 2.31. The van der Waals surface area contributed by atoms with Crippen LogP contribution in [0, 0.1) is 0 Å². The number of benzene rings is 2. The molecule has 0 heterocycles. The van der Waals surface area contributed by atoms with Crippen LogP contribution in [0.4, 0.5) is 26.3 Å². The van der Waals surface area contributed by atoms with Crippen molar-refractivity contribution >= 4 is 11.5 Å². The molecule has 2 nitrogen and oxygen atoms in total. The molecule has 27 heavy (non-hydrogen) atoms. The lowest BCUT2D eigenvalue weighted by Gasteiger charge is -2.14. The van der Waals surface area contributed by atoms with E-state index in [2.05, 4.69) is 0 Å². The first-order chi connectivity index (χ1) is 12.5. The zero-order chi connectivity index (χ0) is 20.2. The Morgan fingerprint density at radius 2 is 1.26 bits per heavy atom. The van der Waals surface area contributed by atoms with Crippen molar-refractivity contribution in [3.8, 4) is 0 Å². The first kappa shape index (κ1) is 20.3. The SMILES string of the molecule is O=C(O)/C=C/C=C(c1cccc(C(F)(F)F)c1)c1cccc(C(F)(F)F)c1. The van der Waals surface area contributed by atoms with Crippen LogP contribution >= 0.6 is 0 Å². The van der Waals surface area contributed by atoms with E-state index in [1.165, 1.54) is 12.1 Å². The molecule has 1 N–H and O–H groups in total. The minimum atomic E-state index is -4.63. The second kappa shape index (κ2) is 7.69. The molecule has 0 aliphatic rings. The van der Waals surface area contributed by atoms with Crippen molar-refractivity contribution in [2.45, 2.75) is 12.4 Å². The zero-order valence-electron chi connectivity index (χ0n) is 13.5. The highest BCUT2D eigenvalue weighted by atomic mass is 19.4. The fraction of sp³-hybridized carbons (Fsp3) is 0.105. The van der Waals surface area contributed by atoms with Crippen molar-refractivity contribution in [2.75, 3.05) is 0 Å². The predicted molar refractivity (Wildman–Crippen MR) is 86.7 cm³/mol. The van der Waals surface area contributed by atoms with Crippen molar-refractivity contribution in [2.24, 2.45) is 0 Å². The fourth-order valence-electron chi connectivity index (χ4n) is 2.31. The van der Waals surface area contributed by atoms with Crippen LogP contribution in [-0.2, 0) is 17.1 Å². The van der Waals surface area contributed by atoms with Gasteiger partial charge in [-0.15, -0.1) is 0 Å². The van der Waals surface area contributed by atoms with Crippen molar-refractivity contribution < 1.29 is 36.2 Å². The van der Waals surface area contributed by atoms with Crippen LogP contribution < -0.4 is 0 Å². The number of hydrogen-bond donors (Lipinski definition) is 1. The molecule has 0 saturated carbocycles. The molecule has 0 fully saturated rings. The summed E-state index contributed by atoms with van der Waals surface area (Å²) in [6, 6.07) is 8.11. The summed E-state index contributed by atoms with van der Waals surface area (Å²) >= 11 is 0. The third-order valence-electron chi connectivity index (χ3n) is 3.50. The van der Waals surface area contributed by atoms with Crippen molar-refractivity contribution in [3.05, 3.63) is 89.0 Å². The van der Waals surface area contributed by atoms with E-state index in [4.69, 9.17) is 5.11 Å². The molecule has 0 bridgehead atoms. The van der Waals surface area contributed by atoms with Gasteiger partial charge in [0.25, 0.3) is 0 Å². The van der Waals surface area contributed by atoms with E-state index in [1.54, 1.807) is 0 Å². The summed E-state index contributed by atoms with van der Waals surface area (Å²) in [5.41, 5.74) is -1.93. The molecule has 8 heteroatoms. The Morgan fingerprint density at radius 3 is 1.63 bits per heavy atom. The van der Waals surface area contributed by atoms with Gasteiger partial charge in [0, 0.05) is 6.08 Å². The standard InChI is InChI=1S/C19H12F6O2/c20-18(21,22)14-6-1-4-12(10-14)16(8-3-9-17(26)27)13-5-2-7-15(11-13)19(23,24)25/h1-11H,(H,26,27)/b9-3+. The minimum Gasteiger partial charge on any atom is -0.478 e. The number of halogens is 6. The van der Waals surface area contributed by atoms with E-state index in [-0.39, 0.29) is 16.7 Å². The summed E-state index contributed by atoms with van der Waals surface area (Å²) in [5.74, 6) is -1.31. The highest BCUT2D eigenvalue weighted by molar-refractivity contribution is 5.84. The number of carboxylic acid groups (broad SMARTS) is 1. The summed E-state index contributed by atoms with van der Waals surface area (Å²) < 4.78 is 77.7. The zero-order valence-corrected chi connectivity index (χ0v) is 13.5. The molecular weight excluding hydrogens is 374 g/mol. The van der Waals surface area contributed by atoms with E-state index >= 15 is 0 Å². The van der Waals surface area contributed by atoms with Gasteiger partial charge in [0.1, 0.15) is 0 Å². The monoisotopic (exact) mass is 386 g/mol. The Bertz CT molecular complexity index is 832. The molecule has 2 rings (SSSR count). The molecule has 0 aromatic heterocycles. The summed E-state index contributed by atoms with van der Waals surface area (Å²) in [5, 5.41) is 8.66. The van der Waals surface area contributed by atoms with Crippen LogP contribution in [0.5, 0.6) is 0 Å². The van der Waals surface area contributed by atoms with Gasteiger partial charge in [0.05, 0.1) is 11.1 Å². The maximum Gasteiger partial charge on any atom is 0.416 e. The van der Waals surface area contributed by atoms with Crippen LogP contribution in [0.25, 0.3) is 5.57 Å². The normalized spacial score (nSPS) is 12.2. The lowest BCUT2D eigenvalue weighted by Crippen LogP contribution is -2.06. The lowest BCUT2D eigenvalue weighted by molar-refractivity contribution is -0.138. The molecule has 0 unspecified atom stereocenters. The molecule has 142 valence electrons. The highest BCUT2D eigenvalue weighted by Crippen LogP contribution is 2.35. The van der Waals surface area contributed by atoms with E-state index in [1.807, 2.05) is 0 Å². The smallest absolute Gasteiger partial charge is 0.416 e. The van der Waals surface area contributed by atoms with Gasteiger partial charge in [-0.05, 0) is 41.0 Å². The molecule has 2 aromatic carbocycles. The molecule has 0 aliphatic carbocycles. The molecule has 2 aromatic rings. The van der Waals surface area contributed by atoms with E-state index in [0.29, 0.717) is 0 Å². The summed E-state index contributed by atoms with van der Waals surface area (Å²) in [6.45, 7) is 0. The van der Waals surface area contributed by atoms with Crippen molar-refractivity contribution in [3.63, 3.8) is 0 Å². The molecule has 0 amide bonds. The minimum absolute atomic E-state index is 0.000752. The third-order valence-corrected chi connectivity index (χ3v) is 3.50. The molecule has 0 spiro atoms. The topological polar surface area (TPSA) is 37.3 Å². The molecule has 0 atom stereocenters. The quantitative estimate of drug-likeness (QED) is 0.410. The number of rotatable bonds is 4. The van der Waals surface area contributed by atoms with Crippen LogP contribution in [-0.4, -0.2) is 11.1 Å². The van der Waals surface area contributed by atoms with Crippen LogP contribution in [0.1, 0.15) is 22.3 Å². The Kier molecular flexibility index (Phi) is 5.78. The summed E-state index contributed by atoms with van der Waals surface area (Å²) in [7, 11) is 0. The third kappa shape index (κ3) is 5.47.